The highest BCUT2D eigenvalue weighted by molar-refractivity contribution is 14.1. The first-order valence-electron chi connectivity index (χ1n) is 6.12. The van der Waals surface area contributed by atoms with E-state index in [0.29, 0.717) is 6.54 Å². The summed E-state index contributed by atoms with van der Waals surface area (Å²) in [6, 6.07) is 4.79. The van der Waals surface area contributed by atoms with E-state index in [0.717, 1.165) is 3.57 Å². The van der Waals surface area contributed by atoms with Crippen molar-refractivity contribution < 1.29 is 15.1 Å². The number of aromatic hydroxyl groups is 1. The highest BCUT2D eigenvalue weighted by Gasteiger charge is 2.21. The maximum absolute atomic E-state index is 12.5. The van der Waals surface area contributed by atoms with Gasteiger partial charge in [-0.2, -0.15) is 0 Å². The van der Waals surface area contributed by atoms with E-state index in [1.807, 2.05) is 13.8 Å². The van der Waals surface area contributed by atoms with Gasteiger partial charge in [0, 0.05) is 22.6 Å². The number of hydrogen-bond donors (Lipinski definition) is 3. The zero-order valence-electron chi connectivity index (χ0n) is 11.4. The molecule has 7 heteroatoms. The van der Waals surface area contributed by atoms with Crippen LogP contribution in [0.3, 0.4) is 0 Å². The Hall–Kier alpha value is -1.51. The summed E-state index contributed by atoms with van der Waals surface area (Å²) in [6.45, 7) is 4.06. The maximum atomic E-state index is 12.5. The summed E-state index contributed by atoms with van der Waals surface area (Å²) in [7, 11) is 0. The Morgan fingerprint density at radius 1 is 1.50 bits per heavy atom. The van der Waals surface area contributed by atoms with Crippen LogP contribution in [0.5, 0.6) is 5.75 Å². The third kappa shape index (κ3) is 4.26. The van der Waals surface area contributed by atoms with Gasteiger partial charge in [-0.1, -0.05) is 5.16 Å². The van der Waals surface area contributed by atoms with Gasteiger partial charge in [0.15, 0.2) is 0 Å². The normalized spacial score (nSPS) is 11.7. The number of nitrogens with two attached hydrogens (primary N) is 1. The minimum Gasteiger partial charge on any atom is -0.507 e. The standard InChI is InChI=1S/C13H18IN3O3/c1-8(2)17(6-5-12(15)16-20)13(19)10-7-9(14)3-4-11(10)18/h3-4,7-8,18,20H,5-6H2,1-2H3,(H2,15,16). The first kappa shape index (κ1) is 16.5. The molecular weight excluding hydrogens is 373 g/mol. The molecule has 0 saturated heterocycles. The zero-order valence-corrected chi connectivity index (χ0v) is 13.5. The van der Waals surface area contributed by atoms with Gasteiger partial charge in [-0.15, -0.1) is 0 Å². The molecule has 110 valence electrons. The van der Waals surface area contributed by atoms with E-state index in [9.17, 15) is 9.90 Å². The largest absolute Gasteiger partial charge is 0.507 e. The van der Waals surface area contributed by atoms with Gasteiger partial charge in [-0.3, -0.25) is 4.79 Å². The molecule has 0 aliphatic rings. The summed E-state index contributed by atoms with van der Waals surface area (Å²) >= 11 is 2.08. The van der Waals surface area contributed by atoms with Crippen molar-refractivity contribution in [1.82, 2.24) is 4.90 Å². The molecule has 0 saturated carbocycles. The molecule has 0 fully saturated rings. The number of phenolic OH excluding ortho intramolecular Hbond substituents is 1. The first-order chi connectivity index (χ1) is 9.36. The minimum absolute atomic E-state index is 0.0511. The van der Waals surface area contributed by atoms with Crippen molar-refractivity contribution in [1.29, 1.82) is 0 Å². The van der Waals surface area contributed by atoms with Crippen LogP contribution in [0.15, 0.2) is 23.4 Å². The average molecular weight is 391 g/mol. The fourth-order valence-electron chi connectivity index (χ4n) is 1.71. The lowest BCUT2D eigenvalue weighted by atomic mass is 10.1. The lowest BCUT2D eigenvalue weighted by Crippen LogP contribution is -2.39. The van der Waals surface area contributed by atoms with Crippen LogP contribution < -0.4 is 5.73 Å². The Morgan fingerprint density at radius 3 is 2.70 bits per heavy atom. The number of oxime groups is 1. The number of nitrogens with zero attached hydrogens (tertiary/aromatic N) is 2. The zero-order chi connectivity index (χ0) is 15.3. The van der Waals surface area contributed by atoms with E-state index in [4.69, 9.17) is 10.9 Å². The van der Waals surface area contributed by atoms with Crippen LogP contribution in [0, 0.1) is 3.57 Å². The van der Waals surface area contributed by atoms with Crippen molar-refractivity contribution in [3.63, 3.8) is 0 Å². The highest BCUT2D eigenvalue weighted by Crippen LogP contribution is 2.22. The van der Waals surface area contributed by atoms with E-state index >= 15 is 0 Å². The molecule has 20 heavy (non-hydrogen) atoms. The first-order valence-corrected chi connectivity index (χ1v) is 7.20. The number of amidine groups is 1. The molecule has 6 nitrogen and oxygen atoms in total. The quantitative estimate of drug-likeness (QED) is 0.235. The van der Waals surface area contributed by atoms with Crippen molar-refractivity contribution in [2.45, 2.75) is 26.3 Å². The lowest BCUT2D eigenvalue weighted by Gasteiger charge is -2.27. The van der Waals surface area contributed by atoms with E-state index in [1.165, 1.54) is 6.07 Å². The van der Waals surface area contributed by atoms with Crippen LogP contribution in [-0.2, 0) is 0 Å². The predicted octanol–water partition coefficient (Wildman–Crippen LogP) is 1.98. The lowest BCUT2D eigenvalue weighted by molar-refractivity contribution is 0.0708. The van der Waals surface area contributed by atoms with Crippen LogP contribution in [-0.4, -0.2) is 39.5 Å². The van der Waals surface area contributed by atoms with Gasteiger partial charge in [0.2, 0.25) is 0 Å². The summed E-state index contributed by atoms with van der Waals surface area (Å²) in [6.07, 6.45) is 0.269. The molecule has 0 atom stereocenters. The van der Waals surface area contributed by atoms with Gasteiger partial charge in [0.05, 0.1) is 5.56 Å². The van der Waals surface area contributed by atoms with Gasteiger partial charge in [-0.25, -0.2) is 0 Å². The molecule has 1 rings (SSSR count). The number of benzene rings is 1. The van der Waals surface area contributed by atoms with Crippen LogP contribution in [0.1, 0.15) is 30.6 Å². The number of rotatable bonds is 5. The Labute approximate surface area is 131 Å². The Kier molecular flexibility index (Phi) is 6.05. The smallest absolute Gasteiger partial charge is 0.257 e. The molecule has 0 radical (unpaired) electrons. The van der Waals surface area contributed by atoms with Crippen molar-refractivity contribution >= 4 is 34.3 Å². The highest BCUT2D eigenvalue weighted by atomic mass is 127. The summed E-state index contributed by atoms with van der Waals surface area (Å²) in [5.74, 6) is -0.262. The van der Waals surface area contributed by atoms with Crippen LogP contribution in [0.25, 0.3) is 0 Å². The fourth-order valence-corrected chi connectivity index (χ4v) is 2.20. The molecule has 4 N–H and O–H groups in total. The molecule has 0 aliphatic heterocycles. The van der Waals surface area contributed by atoms with Crippen LogP contribution >= 0.6 is 22.6 Å². The SMILES string of the molecule is CC(C)N(CC/C(N)=N/O)C(=O)c1cc(I)ccc1O. The van der Waals surface area contributed by atoms with Crippen molar-refractivity contribution in [3.05, 3.63) is 27.3 Å². The Balaban J connectivity index is 2.97. The number of carbonyl (C=O) groups excluding carboxylic acids is 1. The second-order valence-electron chi connectivity index (χ2n) is 4.60. The minimum atomic E-state index is -0.276. The van der Waals surface area contributed by atoms with Gasteiger partial charge in [0.25, 0.3) is 5.91 Å². The second-order valence-corrected chi connectivity index (χ2v) is 5.84. The second kappa shape index (κ2) is 7.32. The average Bonchev–Trinajstić information content (AvgIpc) is 2.40. The van der Waals surface area contributed by atoms with Crippen molar-refractivity contribution in [2.24, 2.45) is 10.9 Å². The molecule has 0 bridgehead atoms. The van der Waals surface area contributed by atoms with E-state index in [1.54, 1.807) is 17.0 Å². The maximum Gasteiger partial charge on any atom is 0.257 e. The topological polar surface area (TPSA) is 99.1 Å². The fraction of sp³-hybridized carbons (Fsp3) is 0.385. The van der Waals surface area contributed by atoms with Crippen LogP contribution in [0.2, 0.25) is 0 Å². The number of halogens is 1. The summed E-state index contributed by atoms with van der Waals surface area (Å²) < 4.78 is 0.865. The predicted molar refractivity (Wildman–Crippen MR) is 85.0 cm³/mol. The van der Waals surface area contributed by atoms with Gasteiger partial charge >= 0.3 is 0 Å². The molecule has 0 unspecified atom stereocenters. The van der Waals surface area contributed by atoms with Gasteiger partial charge in [0.1, 0.15) is 11.6 Å². The number of hydrogen-bond acceptors (Lipinski definition) is 4. The third-order valence-corrected chi connectivity index (χ3v) is 3.48. The van der Waals surface area contributed by atoms with E-state index < -0.39 is 0 Å². The number of carbonyl (C=O) groups is 1. The van der Waals surface area contributed by atoms with Crippen molar-refractivity contribution in [3.8, 4) is 5.75 Å². The number of amides is 1. The third-order valence-electron chi connectivity index (χ3n) is 2.81. The van der Waals surface area contributed by atoms with E-state index in [2.05, 4.69) is 27.7 Å². The van der Waals surface area contributed by atoms with E-state index in [-0.39, 0.29) is 35.5 Å². The van der Waals surface area contributed by atoms with Gasteiger partial charge < -0.3 is 20.9 Å². The molecule has 0 heterocycles. The summed E-state index contributed by atoms with van der Waals surface area (Å²) in [5.41, 5.74) is 5.68. The number of phenols is 1. The summed E-state index contributed by atoms with van der Waals surface area (Å²) in [4.78, 5) is 14.1. The Bertz CT molecular complexity index is 518. The molecule has 0 spiro atoms. The molecule has 0 aromatic heterocycles. The summed E-state index contributed by atoms with van der Waals surface area (Å²) in [5, 5.41) is 21.3. The molecule has 0 aliphatic carbocycles. The monoisotopic (exact) mass is 391 g/mol. The van der Waals surface area contributed by atoms with Gasteiger partial charge in [-0.05, 0) is 54.6 Å². The molecule has 1 aromatic carbocycles. The molecule has 1 aromatic rings. The van der Waals surface area contributed by atoms with Crippen molar-refractivity contribution in [2.75, 3.05) is 6.54 Å². The molecule has 1 amide bonds. The van der Waals surface area contributed by atoms with Crippen LogP contribution in [0.4, 0.5) is 0 Å². The Morgan fingerprint density at radius 2 is 2.15 bits per heavy atom. The molecular formula is C13H18IN3O3.